The Morgan fingerprint density at radius 2 is 2.00 bits per heavy atom. The summed E-state index contributed by atoms with van der Waals surface area (Å²) < 4.78 is 18.6. The zero-order valence-corrected chi connectivity index (χ0v) is 14.4. The number of benzene rings is 1. The summed E-state index contributed by atoms with van der Waals surface area (Å²) in [5.74, 6) is 0. The molecule has 1 saturated heterocycles. The third-order valence-electron chi connectivity index (χ3n) is 3.22. The van der Waals surface area contributed by atoms with Crippen LogP contribution in [-0.4, -0.2) is 25.1 Å². The second-order valence-corrected chi connectivity index (χ2v) is 7.04. The summed E-state index contributed by atoms with van der Waals surface area (Å²) >= 11 is 2.30. The summed E-state index contributed by atoms with van der Waals surface area (Å²) in [7, 11) is 0. The molecule has 1 fully saturated rings. The summed E-state index contributed by atoms with van der Waals surface area (Å²) in [5.41, 5.74) is 0.876. The predicted molar refractivity (Wildman–Crippen MR) is 87.6 cm³/mol. The van der Waals surface area contributed by atoms with E-state index in [0.717, 1.165) is 19.4 Å². The van der Waals surface area contributed by atoms with Crippen molar-refractivity contribution in [3.8, 4) is 0 Å². The van der Waals surface area contributed by atoms with Crippen LogP contribution in [-0.2, 0) is 20.8 Å². The van der Waals surface area contributed by atoms with Crippen molar-refractivity contribution in [2.75, 3.05) is 13.2 Å². The third-order valence-corrected chi connectivity index (χ3v) is 3.94. The van der Waals surface area contributed by atoms with E-state index in [1.807, 2.05) is 0 Å². The first-order valence-corrected chi connectivity index (χ1v) is 8.25. The van der Waals surface area contributed by atoms with Gasteiger partial charge in [-0.3, -0.25) is 0 Å². The Bertz CT molecular complexity index is 397. The van der Waals surface area contributed by atoms with Gasteiger partial charge < -0.3 is 14.2 Å². The van der Waals surface area contributed by atoms with Gasteiger partial charge in [0.05, 0.1) is 18.8 Å². The highest BCUT2D eigenvalue weighted by Crippen LogP contribution is 2.21. The lowest BCUT2D eigenvalue weighted by Crippen LogP contribution is -2.37. The highest BCUT2D eigenvalue weighted by atomic mass is 127. The van der Waals surface area contributed by atoms with Crippen molar-refractivity contribution in [2.24, 2.45) is 0 Å². The van der Waals surface area contributed by atoms with E-state index in [1.54, 1.807) is 0 Å². The lowest BCUT2D eigenvalue weighted by atomic mass is 10.1. The maximum atomic E-state index is 5.99. The van der Waals surface area contributed by atoms with Crippen molar-refractivity contribution in [3.63, 3.8) is 0 Å². The topological polar surface area (TPSA) is 27.7 Å². The van der Waals surface area contributed by atoms with Crippen molar-refractivity contribution in [1.82, 2.24) is 0 Å². The molecule has 0 aromatic heterocycles. The summed E-state index contributed by atoms with van der Waals surface area (Å²) in [4.78, 5) is 0. The van der Waals surface area contributed by atoms with E-state index in [2.05, 4.69) is 60.7 Å². The molecule has 20 heavy (non-hydrogen) atoms. The molecule has 0 aliphatic carbocycles. The van der Waals surface area contributed by atoms with Crippen LogP contribution in [0.2, 0.25) is 0 Å². The molecule has 3 nitrogen and oxygen atoms in total. The van der Waals surface area contributed by atoms with E-state index < -0.39 is 0 Å². The van der Waals surface area contributed by atoms with Crippen LogP contribution in [0.5, 0.6) is 0 Å². The SMILES string of the molecule is CC(C)(COCc1ccc(I)cc1)OC1CCCCO1. The molecule has 0 radical (unpaired) electrons. The van der Waals surface area contributed by atoms with Gasteiger partial charge in [-0.25, -0.2) is 0 Å². The zero-order chi connectivity index (χ0) is 14.4. The van der Waals surface area contributed by atoms with E-state index in [9.17, 15) is 0 Å². The van der Waals surface area contributed by atoms with Gasteiger partial charge in [-0.15, -0.1) is 0 Å². The van der Waals surface area contributed by atoms with Crippen LogP contribution in [0.3, 0.4) is 0 Å². The number of halogens is 1. The predicted octanol–water partition coefficient (Wildman–Crippen LogP) is 4.13. The molecule has 0 saturated carbocycles. The van der Waals surface area contributed by atoms with E-state index in [1.165, 1.54) is 15.6 Å². The summed E-state index contributed by atoms with van der Waals surface area (Å²) in [6, 6.07) is 8.38. The average Bonchev–Trinajstić information content (AvgIpc) is 2.41. The van der Waals surface area contributed by atoms with Gasteiger partial charge in [0.1, 0.15) is 0 Å². The minimum atomic E-state index is -0.314. The molecule has 1 atom stereocenters. The Morgan fingerprint density at radius 3 is 2.65 bits per heavy atom. The molecular formula is C16H23IO3. The van der Waals surface area contributed by atoms with E-state index >= 15 is 0 Å². The fourth-order valence-electron chi connectivity index (χ4n) is 2.19. The fourth-order valence-corrected chi connectivity index (χ4v) is 2.55. The zero-order valence-electron chi connectivity index (χ0n) is 12.2. The molecule has 1 heterocycles. The summed E-state index contributed by atoms with van der Waals surface area (Å²) in [5, 5.41) is 0. The minimum absolute atomic E-state index is 0.0688. The molecule has 0 amide bonds. The molecule has 4 heteroatoms. The molecule has 0 spiro atoms. The second kappa shape index (κ2) is 7.73. The van der Waals surface area contributed by atoms with Crippen LogP contribution in [0, 0.1) is 3.57 Å². The Hall–Kier alpha value is -0.170. The first-order valence-electron chi connectivity index (χ1n) is 7.17. The Labute approximate surface area is 135 Å². The maximum Gasteiger partial charge on any atom is 0.158 e. The third kappa shape index (κ3) is 5.68. The van der Waals surface area contributed by atoms with Gasteiger partial charge in [0.2, 0.25) is 0 Å². The van der Waals surface area contributed by atoms with Gasteiger partial charge in [-0.05, 0) is 73.4 Å². The molecule has 0 N–H and O–H groups in total. The van der Waals surface area contributed by atoms with Crippen molar-refractivity contribution in [2.45, 2.75) is 51.6 Å². The van der Waals surface area contributed by atoms with Crippen molar-refractivity contribution >= 4 is 22.6 Å². The minimum Gasteiger partial charge on any atom is -0.374 e. The molecule has 0 bridgehead atoms. The van der Waals surface area contributed by atoms with Crippen LogP contribution in [0.4, 0.5) is 0 Å². The molecule has 112 valence electrons. The van der Waals surface area contributed by atoms with Crippen molar-refractivity contribution in [1.29, 1.82) is 0 Å². The molecular weight excluding hydrogens is 367 g/mol. The lowest BCUT2D eigenvalue weighted by molar-refractivity contribution is -0.228. The Kier molecular flexibility index (Phi) is 6.26. The molecule has 2 rings (SSSR count). The van der Waals surface area contributed by atoms with Gasteiger partial charge >= 0.3 is 0 Å². The van der Waals surface area contributed by atoms with E-state index in [-0.39, 0.29) is 11.9 Å². The first-order chi connectivity index (χ1) is 9.55. The van der Waals surface area contributed by atoms with Crippen LogP contribution >= 0.6 is 22.6 Å². The second-order valence-electron chi connectivity index (χ2n) is 5.79. The molecule has 1 aromatic rings. The molecule has 1 aliphatic rings. The number of ether oxygens (including phenoxy) is 3. The lowest BCUT2D eigenvalue weighted by Gasteiger charge is -2.32. The summed E-state index contributed by atoms with van der Waals surface area (Å²) in [6.45, 7) is 6.11. The number of hydrogen-bond acceptors (Lipinski definition) is 3. The van der Waals surface area contributed by atoms with Gasteiger partial charge in [0, 0.05) is 10.2 Å². The van der Waals surface area contributed by atoms with Crippen molar-refractivity contribution < 1.29 is 14.2 Å². The highest BCUT2D eigenvalue weighted by Gasteiger charge is 2.26. The first kappa shape index (κ1) is 16.2. The number of rotatable bonds is 6. The normalized spacial score (nSPS) is 20.1. The summed E-state index contributed by atoms with van der Waals surface area (Å²) in [6.07, 6.45) is 3.25. The maximum absolute atomic E-state index is 5.99. The average molecular weight is 390 g/mol. The van der Waals surface area contributed by atoms with Gasteiger partial charge in [-0.1, -0.05) is 12.1 Å². The smallest absolute Gasteiger partial charge is 0.158 e. The fraction of sp³-hybridized carbons (Fsp3) is 0.625. The van der Waals surface area contributed by atoms with Crippen LogP contribution in [0.1, 0.15) is 38.7 Å². The van der Waals surface area contributed by atoms with Gasteiger partial charge in [0.25, 0.3) is 0 Å². The molecule has 1 aromatic carbocycles. The molecule has 1 unspecified atom stereocenters. The quantitative estimate of drug-likeness (QED) is 0.684. The standard InChI is InChI=1S/C16H23IO3/c1-16(2,20-15-5-3-4-10-19-15)12-18-11-13-6-8-14(17)9-7-13/h6-9,15H,3-5,10-12H2,1-2H3. The van der Waals surface area contributed by atoms with Crippen LogP contribution < -0.4 is 0 Å². The Morgan fingerprint density at radius 1 is 1.25 bits per heavy atom. The van der Waals surface area contributed by atoms with Crippen molar-refractivity contribution in [3.05, 3.63) is 33.4 Å². The highest BCUT2D eigenvalue weighted by molar-refractivity contribution is 14.1. The van der Waals surface area contributed by atoms with E-state index in [4.69, 9.17) is 14.2 Å². The van der Waals surface area contributed by atoms with Gasteiger partial charge in [0.15, 0.2) is 6.29 Å². The van der Waals surface area contributed by atoms with Crippen LogP contribution in [0.25, 0.3) is 0 Å². The number of hydrogen-bond donors (Lipinski definition) is 0. The molecule has 1 aliphatic heterocycles. The van der Waals surface area contributed by atoms with E-state index in [0.29, 0.717) is 13.2 Å². The van der Waals surface area contributed by atoms with Gasteiger partial charge in [-0.2, -0.15) is 0 Å². The Balaban J connectivity index is 1.72. The van der Waals surface area contributed by atoms with Crippen LogP contribution in [0.15, 0.2) is 24.3 Å². The largest absolute Gasteiger partial charge is 0.374 e. The monoisotopic (exact) mass is 390 g/mol.